The molecule has 3 heterocycles. The Morgan fingerprint density at radius 1 is 1.23 bits per heavy atom. The summed E-state index contributed by atoms with van der Waals surface area (Å²) in [5, 5.41) is 5.90. The van der Waals surface area contributed by atoms with E-state index in [1.807, 2.05) is 40.0 Å². The molecule has 8 nitrogen and oxygen atoms in total. The van der Waals surface area contributed by atoms with Gasteiger partial charge >= 0.3 is 5.69 Å². The fraction of sp³-hybridized carbons (Fsp3) is 0.476. The number of nitrogens with zero attached hydrogens (tertiary/aromatic N) is 3. The van der Waals surface area contributed by atoms with Gasteiger partial charge in [-0.05, 0) is 24.3 Å². The van der Waals surface area contributed by atoms with E-state index in [-0.39, 0.29) is 35.0 Å². The molecular weight excluding hydrogens is 402 g/mol. The van der Waals surface area contributed by atoms with Crippen molar-refractivity contribution in [2.24, 2.45) is 5.92 Å². The Kier molecular flexibility index (Phi) is 6.50. The maximum Gasteiger partial charge on any atom is 0.330 e. The normalized spacial score (nSPS) is 11.6. The molecular formula is C21H27N5O3S. The van der Waals surface area contributed by atoms with E-state index in [1.54, 1.807) is 17.4 Å². The first-order valence-corrected chi connectivity index (χ1v) is 11.0. The van der Waals surface area contributed by atoms with Gasteiger partial charge in [0, 0.05) is 17.6 Å². The maximum atomic E-state index is 13.1. The molecule has 0 saturated heterocycles. The second kappa shape index (κ2) is 8.91. The van der Waals surface area contributed by atoms with Crippen molar-refractivity contribution in [1.29, 1.82) is 0 Å². The first kappa shape index (κ1) is 21.9. The third-order valence-electron chi connectivity index (χ3n) is 4.68. The molecule has 2 N–H and O–H groups in total. The maximum absolute atomic E-state index is 13.1. The van der Waals surface area contributed by atoms with Crippen LogP contribution in [0.4, 0.5) is 0 Å². The number of aryl methyl sites for hydroxylation is 1. The van der Waals surface area contributed by atoms with Crippen molar-refractivity contribution in [1.82, 2.24) is 24.8 Å². The highest BCUT2D eigenvalue weighted by atomic mass is 32.1. The van der Waals surface area contributed by atoms with E-state index in [0.29, 0.717) is 12.2 Å². The number of H-pyrrole nitrogens is 1. The minimum atomic E-state index is -0.607. The number of aromatic amines is 1. The van der Waals surface area contributed by atoms with E-state index in [1.165, 1.54) is 4.57 Å². The molecule has 0 radical (unpaired) electrons. The van der Waals surface area contributed by atoms with Gasteiger partial charge in [-0.15, -0.1) is 11.3 Å². The molecule has 1 amide bonds. The van der Waals surface area contributed by atoms with Crippen LogP contribution < -0.4 is 16.6 Å². The predicted molar refractivity (Wildman–Crippen MR) is 118 cm³/mol. The summed E-state index contributed by atoms with van der Waals surface area (Å²) in [6, 6.07) is 1.64. The summed E-state index contributed by atoms with van der Waals surface area (Å²) < 4.78 is 1.44. The molecule has 9 heteroatoms. The zero-order chi connectivity index (χ0) is 22.0. The van der Waals surface area contributed by atoms with Gasteiger partial charge < -0.3 is 5.32 Å². The van der Waals surface area contributed by atoms with Crippen LogP contribution >= 0.6 is 11.3 Å². The van der Waals surface area contributed by atoms with Crippen molar-refractivity contribution in [3.05, 3.63) is 54.2 Å². The molecule has 30 heavy (non-hydrogen) atoms. The van der Waals surface area contributed by atoms with Crippen LogP contribution in [0.1, 0.15) is 67.3 Å². The first-order chi connectivity index (χ1) is 14.2. The number of amides is 1. The Bertz CT molecular complexity index is 1190. The third kappa shape index (κ3) is 4.51. The van der Waals surface area contributed by atoms with Crippen LogP contribution in [-0.4, -0.2) is 25.4 Å². The number of nitrogens with one attached hydrogen (secondary N) is 2. The second-order valence-corrected chi connectivity index (χ2v) is 8.92. The van der Waals surface area contributed by atoms with Gasteiger partial charge in [0.15, 0.2) is 5.65 Å². The predicted octanol–water partition coefficient (Wildman–Crippen LogP) is 2.81. The molecule has 0 aliphatic rings. The Morgan fingerprint density at radius 2 is 1.97 bits per heavy atom. The molecule has 0 fully saturated rings. The molecule has 3 rings (SSSR count). The summed E-state index contributed by atoms with van der Waals surface area (Å²) in [4.78, 5) is 49.5. The largest absolute Gasteiger partial charge is 0.346 e. The molecule has 0 atom stereocenters. The lowest BCUT2D eigenvalue weighted by Crippen LogP contribution is -2.34. The van der Waals surface area contributed by atoms with Gasteiger partial charge in [0.2, 0.25) is 0 Å². The van der Waals surface area contributed by atoms with E-state index in [2.05, 4.69) is 20.3 Å². The SMILES string of the molecule is CCc1nc(CNC(=O)c2cc(C(C)C)nc3c2c(=O)[nH]c(=O)n3CC(C)C)cs1. The highest BCUT2D eigenvalue weighted by molar-refractivity contribution is 7.09. The van der Waals surface area contributed by atoms with E-state index in [4.69, 9.17) is 0 Å². The standard InChI is InChI=1S/C21H27N5O3S/c1-6-16-23-13(10-30-16)8-22-19(27)14-7-15(12(4)5)24-18-17(14)20(28)25-21(29)26(18)9-11(2)3/h7,10-12H,6,8-9H2,1-5H3,(H,22,27)(H,25,28,29). The number of fused-ring (bicyclic) bond motifs is 1. The van der Waals surface area contributed by atoms with Crippen molar-refractivity contribution in [2.45, 2.75) is 60.0 Å². The summed E-state index contributed by atoms with van der Waals surface area (Å²) in [6.07, 6.45) is 0.841. The number of thiazole rings is 1. The first-order valence-electron chi connectivity index (χ1n) is 10.1. The van der Waals surface area contributed by atoms with Crippen molar-refractivity contribution >= 4 is 28.3 Å². The van der Waals surface area contributed by atoms with Crippen LogP contribution in [-0.2, 0) is 19.5 Å². The number of hydrogen-bond donors (Lipinski definition) is 2. The van der Waals surface area contributed by atoms with E-state index in [0.717, 1.165) is 17.1 Å². The van der Waals surface area contributed by atoms with Crippen LogP contribution in [0, 0.1) is 5.92 Å². The average molecular weight is 430 g/mol. The van der Waals surface area contributed by atoms with E-state index < -0.39 is 17.2 Å². The summed E-state index contributed by atoms with van der Waals surface area (Å²) in [6.45, 7) is 10.5. The van der Waals surface area contributed by atoms with E-state index in [9.17, 15) is 14.4 Å². The molecule has 0 aliphatic heterocycles. The van der Waals surface area contributed by atoms with Gasteiger partial charge in [0.25, 0.3) is 11.5 Å². The number of pyridine rings is 1. The highest BCUT2D eigenvalue weighted by Gasteiger charge is 2.21. The third-order valence-corrected chi connectivity index (χ3v) is 5.73. The van der Waals surface area contributed by atoms with Gasteiger partial charge in [0.05, 0.1) is 28.2 Å². The van der Waals surface area contributed by atoms with Gasteiger partial charge in [-0.3, -0.25) is 19.1 Å². The number of rotatable bonds is 7. The molecule has 3 aromatic heterocycles. The topological polar surface area (TPSA) is 110 Å². The Morgan fingerprint density at radius 3 is 2.57 bits per heavy atom. The Hall–Kier alpha value is -2.81. The number of carbonyl (C=O) groups is 1. The molecule has 0 bridgehead atoms. The van der Waals surface area contributed by atoms with Crippen molar-refractivity contribution in [3.63, 3.8) is 0 Å². The van der Waals surface area contributed by atoms with Crippen molar-refractivity contribution in [2.75, 3.05) is 0 Å². The molecule has 0 saturated carbocycles. The van der Waals surface area contributed by atoms with Crippen LogP contribution in [0.5, 0.6) is 0 Å². The number of aromatic nitrogens is 4. The van der Waals surface area contributed by atoms with Crippen LogP contribution in [0.25, 0.3) is 11.0 Å². The van der Waals surface area contributed by atoms with Crippen LogP contribution in [0.15, 0.2) is 21.0 Å². The number of carbonyl (C=O) groups excluding carboxylic acids is 1. The lowest BCUT2D eigenvalue weighted by Gasteiger charge is -2.15. The van der Waals surface area contributed by atoms with Gasteiger partial charge in [-0.25, -0.2) is 14.8 Å². The monoisotopic (exact) mass is 429 g/mol. The average Bonchev–Trinajstić information content (AvgIpc) is 3.16. The smallest absolute Gasteiger partial charge is 0.330 e. The lowest BCUT2D eigenvalue weighted by atomic mass is 10.0. The molecule has 0 aliphatic carbocycles. The second-order valence-electron chi connectivity index (χ2n) is 7.98. The van der Waals surface area contributed by atoms with Gasteiger partial charge in [0.1, 0.15) is 0 Å². The molecule has 0 spiro atoms. The van der Waals surface area contributed by atoms with Crippen molar-refractivity contribution < 1.29 is 4.79 Å². The Balaban J connectivity index is 2.11. The molecule has 3 aromatic rings. The summed E-state index contributed by atoms with van der Waals surface area (Å²) in [7, 11) is 0. The zero-order valence-corrected chi connectivity index (χ0v) is 18.7. The lowest BCUT2D eigenvalue weighted by molar-refractivity contribution is 0.0952. The summed E-state index contributed by atoms with van der Waals surface area (Å²) in [5.74, 6) is -0.208. The minimum absolute atomic E-state index is 0.0218. The van der Waals surface area contributed by atoms with Crippen molar-refractivity contribution in [3.8, 4) is 0 Å². The summed E-state index contributed by atoms with van der Waals surface area (Å²) >= 11 is 1.55. The van der Waals surface area contributed by atoms with Crippen LogP contribution in [0.3, 0.4) is 0 Å². The fourth-order valence-corrected chi connectivity index (χ4v) is 3.91. The molecule has 0 aromatic carbocycles. The van der Waals surface area contributed by atoms with Gasteiger partial charge in [-0.1, -0.05) is 34.6 Å². The highest BCUT2D eigenvalue weighted by Crippen LogP contribution is 2.20. The number of hydrogen-bond acceptors (Lipinski definition) is 6. The van der Waals surface area contributed by atoms with Gasteiger partial charge in [-0.2, -0.15) is 0 Å². The fourth-order valence-electron chi connectivity index (χ4n) is 3.16. The molecule has 160 valence electrons. The van der Waals surface area contributed by atoms with E-state index >= 15 is 0 Å². The summed E-state index contributed by atoms with van der Waals surface area (Å²) in [5.41, 5.74) is 0.764. The quantitative estimate of drug-likeness (QED) is 0.600. The molecule has 0 unspecified atom stereocenters. The zero-order valence-electron chi connectivity index (χ0n) is 17.9. The minimum Gasteiger partial charge on any atom is -0.346 e. The Labute approximate surface area is 178 Å². The van der Waals surface area contributed by atoms with Crippen LogP contribution in [0.2, 0.25) is 0 Å².